The first kappa shape index (κ1) is 12.3. The van der Waals surface area contributed by atoms with E-state index in [2.05, 4.69) is 5.32 Å². The van der Waals surface area contributed by atoms with Gasteiger partial charge in [0.15, 0.2) is 0 Å². The average Bonchev–Trinajstić information content (AvgIpc) is 2.23. The number of rotatable bonds is 4. The monoisotopic (exact) mass is 228 g/mol. The second kappa shape index (κ2) is 4.80. The zero-order chi connectivity index (χ0) is 12.3. The SMILES string of the molecule is CC(CO)Nc1ccc(F)c(N)c1C(=O)O. The van der Waals surface area contributed by atoms with Crippen molar-refractivity contribution in [2.75, 3.05) is 17.7 Å². The van der Waals surface area contributed by atoms with Crippen molar-refractivity contribution in [2.24, 2.45) is 0 Å². The van der Waals surface area contributed by atoms with E-state index >= 15 is 0 Å². The summed E-state index contributed by atoms with van der Waals surface area (Å²) in [5, 5.41) is 20.5. The van der Waals surface area contributed by atoms with Crippen LogP contribution in [0.3, 0.4) is 0 Å². The molecule has 0 aliphatic rings. The predicted octanol–water partition coefficient (Wildman–Crippen LogP) is 0.899. The quantitative estimate of drug-likeness (QED) is 0.574. The van der Waals surface area contributed by atoms with Crippen molar-refractivity contribution in [3.8, 4) is 0 Å². The fourth-order valence-electron chi connectivity index (χ4n) is 1.26. The van der Waals surface area contributed by atoms with Gasteiger partial charge in [-0.05, 0) is 19.1 Å². The number of aliphatic hydroxyl groups excluding tert-OH is 1. The summed E-state index contributed by atoms with van der Waals surface area (Å²) in [6.45, 7) is 1.49. The minimum absolute atomic E-state index is 0.170. The van der Waals surface area contributed by atoms with Crippen molar-refractivity contribution in [3.63, 3.8) is 0 Å². The highest BCUT2D eigenvalue weighted by atomic mass is 19.1. The van der Waals surface area contributed by atoms with Crippen LogP contribution >= 0.6 is 0 Å². The molecule has 0 saturated heterocycles. The van der Waals surface area contributed by atoms with Crippen molar-refractivity contribution in [3.05, 3.63) is 23.5 Å². The normalized spacial score (nSPS) is 12.2. The van der Waals surface area contributed by atoms with E-state index in [0.29, 0.717) is 0 Å². The topological polar surface area (TPSA) is 95.6 Å². The van der Waals surface area contributed by atoms with Crippen LogP contribution in [0.2, 0.25) is 0 Å². The first-order valence-corrected chi connectivity index (χ1v) is 4.66. The standard InChI is InChI=1S/C10H13FN2O3/c1-5(4-14)13-7-3-2-6(11)9(12)8(7)10(15)16/h2-3,5,13-14H,4,12H2,1H3,(H,15,16). The van der Waals surface area contributed by atoms with Crippen LogP contribution < -0.4 is 11.1 Å². The van der Waals surface area contributed by atoms with Crippen molar-refractivity contribution in [1.29, 1.82) is 0 Å². The Labute approximate surface area is 91.7 Å². The fourth-order valence-corrected chi connectivity index (χ4v) is 1.26. The van der Waals surface area contributed by atoms with E-state index in [1.807, 2.05) is 0 Å². The molecular formula is C10H13FN2O3. The summed E-state index contributed by atoms with van der Waals surface area (Å²) in [6, 6.07) is 2.01. The lowest BCUT2D eigenvalue weighted by Crippen LogP contribution is -2.21. The summed E-state index contributed by atoms with van der Waals surface area (Å²) in [5.74, 6) is -2.09. The van der Waals surface area contributed by atoms with Gasteiger partial charge in [-0.3, -0.25) is 0 Å². The first-order chi connectivity index (χ1) is 7.47. The lowest BCUT2D eigenvalue weighted by atomic mass is 10.1. The van der Waals surface area contributed by atoms with E-state index < -0.39 is 17.5 Å². The Bertz CT molecular complexity index is 409. The van der Waals surface area contributed by atoms with Crippen molar-refractivity contribution in [2.45, 2.75) is 13.0 Å². The average molecular weight is 228 g/mol. The summed E-state index contributed by atoms with van der Waals surface area (Å²) in [5.41, 5.74) is 4.80. The third kappa shape index (κ3) is 2.40. The van der Waals surface area contributed by atoms with Gasteiger partial charge in [0, 0.05) is 6.04 Å². The molecule has 0 bridgehead atoms. The van der Waals surface area contributed by atoms with Crippen molar-refractivity contribution >= 4 is 17.3 Å². The van der Waals surface area contributed by atoms with Gasteiger partial charge in [0.05, 0.1) is 18.0 Å². The summed E-state index contributed by atoms with van der Waals surface area (Å²) < 4.78 is 13.1. The highest BCUT2D eigenvalue weighted by molar-refractivity contribution is 6.00. The highest BCUT2D eigenvalue weighted by Crippen LogP contribution is 2.25. The van der Waals surface area contributed by atoms with Gasteiger partial charge in [-0.25, -0.2) is 9.18 Å². The Morgan fingerprint density at radius 1 is 1.62 bits per heavy atom. The maximum absolute atomic E-state index is 13.1. The zero-order valence-corrected chi connectivity index (χ0v) is 8.70. The molecule has 0 heterocycles. The van der Waals surface area contributed by atoms with Gasteiger partial charge in [0.2, 0.25) is 0 Å². The molecule has 88 valence electrons. The molecule has 0 spiro atoms. The molecule has 5 N–H and O–H groups in total. The number of nitrogen functional groups attached to an aromatic ring is 1. The van der Waals surface area contributed by atoms with Gasteiger partial charge in [0.1, 0.15) is 11.4 Å². The van der Waals surface area contributed by atoms with Crippen LogP contribution in [0.15, 0.2) is 12.1 Å². The molecule has 6 heteroatoms. The molecule has 5 nitrogen and oxygen atoms in total. The second-order valence-corrected chi connectivity index (χ2v) is 3.42. The van der Waals surface area contributed by atoms with Crippen molar-refractivity contribution in [1.82, 2.24) is 0 Å². The van der Waals surface area contributed by atoms with Gasteiger partial charge in [-0.1, -0.05) is 0 Å². The minimum atomic E-state index is -1.32. The molecular weight excluding hydrogens is 215 g/mol. The number of hydrogen-bond donors (Lipinski definition) is 4. The maximum atomic E-state index is 13.1. The Kier molecular flexibility index (Phi) is 3.68. The van der Waals surface area contributed by atoms with E-state index in [1.54, 1.807) is 6.92 Å². The number of anilines is 2. The summed E-state index contributed by atoms with van der Waals surface area (Å²) in [4.78, 5) is 10.9. The number of benzene rings is 1. The number of nitrogens with one attached hydrogen (secondary N) is 1. The number of aliphatic hydroxyl groups is 1. The molecule has 1 aromatic rings. The molecule has 1 unspecified atom stereocenters. The van der Waals surface area contributed by atoms with Crippen LogP contribution in [-0.2, 0) is 0 Å². The molecule has 1 rings (SSSR count). The molecule has 0 saturated carbocycles. The van der Waals surface area contributed by atoms with Crippen LogP contribution in [0.5, 0.6) is 0 Å². The van der Waals surface area contributed by atoms with E-state index in [1.165, 1.54) is 6.07 Å². The number of carbonyl (C=O) groups is 1. The molecule has 0 aromatic heterocycles. The number of halogens is 1. The van der Waals surface area contributed by atoms with E-state index in [0.717, 1.165) is 6.07 Å². The molecule has 0 radical (unpaired) electrons. The highest BCUT2D eigenvalue weighted by Gasteiger charge is 2.18. The Morgan fingerprint density at radius 3 is 2.75 bits per heavy atom. The maximum Gasteiger partial charge on any atom is 0.340 e. The first-order valence-electron chi connectivity index (χ1n) is 4.66. The van der Waals surface area contributed by atoms with E-state index in [9.17, 15) is 9.18 Å². The summed E-state index contributed by atoms with van der Waals surface area (Å²) in [7, 11) is 0. The smallest absolute Gasteiger partial charge is 0.340 e. The van der Waals surface area contributed by atoms with E-state index in [4.69, 9.17) is 15.9 Å². The van der Waals surface area contributed by atoms with Gasteiger partial charge < -0.3 is 21.3 Å². The second-order valence-electron chi connectivity index (χ2n) is 3.42. The number of carboxylic acids is 1. The van der Waals surface area contributed by atoms with E-state index in [-0.39, 0.29) is 23.9 Å². The lowest BCUT2D eigenvalue weighted by molar-refractivity contribution is 0.0698. The molecule has 1 atom stereocenters. The van der Waals surface area contributed by atoms with Crippen LogP contribution in [0.4, 0.5) is 15.8 Å². The Morgan fingerprint density at radius 2 is 2.25 bits per heavy atom. The zero-order valence-electron chi connectivity index (χ0n) is 8.70. The van der Waals surface area contributed by atoms with Crippen LogP contribution in [-0.4, -0.2) is 28.8 Å². The summed E-state index contributed by atoms with van der Waals surface area (Å²) >= 11 is 0. The third-order valence-electron chi connectivity index (χ3n) is 2.08. The largest absolute Gasteiger partial charge is 0.478 e. The predicted molar refractivity (Wildman–Crippen MR) is 57.9 cm³/mol. The fraction of sp³-hybridized carbons (Fsp3) is 0.300. The Hall–Kier alpha value is -1.82. The van der Waals surface area contributed by atoms with Gasteiger partial charge in [0.25, 0.3) is 0 Å². The molecule has 0 amide bonds. The molecule has 16 heavy (non-hydrogen) atoms. The third-order valence-corrected chi connectivity index (χ3v) is 2.08. The number of carboxylic acid groups (broad SMARTS) is 1. The van der Waals surface area contributed by atoms with Crippen LogP contribution in [0.1, 0.15) is 17.3 Å². The molecule has 1 aromatic carbocycles. The number of aromatic carboxylic acids is 1. The van der Waals surface area contributed by atoms with Crippen LogP contribution in [0.25, 0.3) is 0 Å². The van der Waals surface area contributed by atoms with Gasteiger partial charge in [-0.2, -0.15) is 0 Å². The lowest BCUT2D eigenvalue weighted by Gasteiger charge is -2.15. The number of hydrogen-bond acceptors (Lipinski definition) is 4. The summed E-state index contributed by atoms with van der Waals surface area (Å²) in [6.07, 6.45) is 0. The van der Waals surface area contributed by atoms with Gasteiger partial charge >= 0.3 is 5.97 Å². The van der Waals surface area contributed by atoms with Crippen molar-refractivity contribution < 1.29 is 19.4 Å². The van der Waals surface area contributed by atoms with Gasteiger partial charge in [-0.15, -0.1) is 0 Å². The Balaban J connectivity index is 3.18. The van der Waals surface area contributed by atoms with Crippen LogP contribution in [0, 0.1) is 5.82 Å². The minimum Gasteiger partial charge on any atom is -0.478 e. The number of nitrogens with two attached hydrogens (primary N) is 1. The molecule has 0 aliphatic heterocycles. The molecule has 0 fully saturated rings. The molecule has 0 aliphatic carbocycles.